The Hall–Kier alpha value is -2.08. The lowest BCUT2D eigenvalue weighted by Crippen LogP contribution is -2.43. The van der Waals surface area contributed by atoms with Crippen molar-refractivity contribution in [3.8, 4) is 5.75 Å². The lowest BCUT2D eigenvalue weighted by Gasteiger charge is -2.14. The third-order valence-corrected chi connectivity index (χ3v) is 2.97. The highest BCUT2D eigenvalue weighted by atomic mass is 16.5. The van der Waals surface area contributed by atoms with Crippen LogP contribution in [0.15, 0.2) is 24.3 Å². The van der Waals surface area contributed by atoms with Crippen LogP contribution in [0.5, 0.6) is 5.75 Å². The SMILES string of the molecule is CC(C)c1ccc(OCC(=O)N[C@H](CCO)C(=O)O)cc1. The van der Waals surface area contributed by atoms with Gasteiger partial charge in [-0.15, -0.1) is 0 Å². The molecule has 0 fully saturated rings. The predicted octanol–water partition coefficient (Wildman–Crippen LogP) is 1.14. The largest absolute Gasteiger partial charge is 0.484 e. The summed E-state index contributed by atoms with van der Waals surface area (Å²) in [6.07, 6.45) is -0.0375. The van der Waals surface area contributed by atoms with Gasteiger partial charge in [0, 0.05) is 13.0 Å². The van der Waals surface area contributed by atoms with Gasteiger partial charge in [-0.1, -0.05) is 26.0 Å². The lowest BCUT2D eigenvalue weighted by molar-refractivity contribution is -0.142. The predicted molar refractivity (Wildman–Crippen MR) is 77.3 cm³/mol. The fourth-order valence-electron chi connectivity index (χ4n) is 1.72. The molecule has 6 heteroatoms. The van der Waals surface area contributed by atoms with E-state index in [0.29, 0.717) is 11.7 Å². The summed E-state index contributed by atoms with van der Waals surface area (Å²) in [6.45, 7) is 3.58. The number of aliphatic hydroxyl groups excluding tert-OH is 1. The Morgan fingerprint density at radius 2 is 1.86 bits per heavy atom. The molecule has 1 aromatic carbocycles. The molecule has 0 spiro atoms. The molecule has 0 aliphatic heterocycles. The van der Waals surface area contributed by atoms with Crippen molar-refractivity contribution in [3.05, 3.63) is 29.8 Å². The molecule has 0 unspecified atom stereocenters. The molecule has 6 nitrogen and oxygen atoms in total. The first-order chi connectivity index (χ1) is 9.93. The lowest BCUT2D eigenvalue weighted by atomic mass is 10.0. The Morgan fingerprint density at radius 3 is 2.33 bits per heavy atom. The number of hydrogen-bond donors (Lipinski definition) is 3. The maximum absolute atomic E-state index is 11.6. The number of carboxylic acids is 1. The van der Waals surface area contributed by atoms with E-state index in [1.807, 2.05) is 12.1 Å². The highest BCUT2D eigenvalue weighted by Gasteiger charge is 2.19. The minimum absolute atomic E-state index is 0.0375. The van der Waals surface area contributed by atoms with Gasteiger partial charge in [0.15, 0.2) is 6.61 Å². The van der Waals surface area contributed by atoms with Gasteiger partial charge in [0.2, 0.25) is 0 Å². The summed E-state index contributed by atoms with van der Waals surface area (Å²) in [5.74, 6) is -0.761. The monoisotopic (exact) mass is 295 g/mol. The van der Waals surface area contributed by atoms with Crippen LogP contribution in [0.3, 0.4) is 0 Å². The van der Waals surface area contributed by atoms with Gasteiger partial charge >= 0.3 is 5.97 Å². The number of carbonyl (C=O) groups excluding carboxylic acids is 1. The van der Waals surface area contributed by atoms with Crippen molar-refractivity contribution in [1.82, 2.24) is 5.32 Å². The molecule has 0 aliphatic carbocycles. The number of aliphatic hydroxyl groups is 1. The van der Waals surface area contributed by atoms with E-state index in [1.165, 1.54) is 5.56 Å². The Bertz CT molecular complexity index is 469. The standard InChI is InChI=1S/C15H21NO5/c1-10(2)11-3-5-12(6-4-11)21-9-14(18)16-13(7-8-17)15(19)20/h3-6,10,13,17H,7-9H2,1-2H3,(H,16,18)(H,19,20)/t13-/m1/s1. The highest BCUT2D eigenvalue weighted by Crippen LogP contribution is 2.18. The second kappa shape index (κ2) is 8.26. The average molecular weight is 295 g/mol. The van der Waals surface area contributed by atoms with Gasteiger partial charge in [0.25, 0.3) is 5.91 Å². The van der Waals surface area contributed by atoms with Crippen LogP contribution in [0.1, 0.15) is 31.7 Å². The van der Waals surface area contributed by atoms with Gasteiger partial charge < -0.3 is 20.3 Å². The van der Waals surface area contributed by atoms with Crippen LogP contribution >= 0.6 is 0 Å². The summed E-state index contributed by atoms with van der Waals surface area (Å²) >= 11 is 0. The zero-order valence-electron chi connectivity index (χ0n) is 12.2. The first kappa shape index (κ1) is 17.0. The molecule has 0 saturated carbocycles. The maximum atomic E-state index is 11.6. The van der Waals surface area contributed by atoms with Gasteiger partial charge in [-0.3, -0.25) is 4.79 Å². The summed E-state index contributed by atoms with van der Waals surface area (Å²) in [7, 11) is 0. The second-order valence-corrected chi connectivity index (χ2v) is 4.98. The van der Waals surface area contributed by atoms with Crippen molar-refractivity contribution < 1.29 is 24.5 Å². The number of amides is 1. The van der Waals surface area contributed by atoms with E-state index < -0.39 is 17.9 Å². The molecule has 1 amide bonds. The quantitative estimate of drug-likeness (QED) is 0.668. The number of ether oxygens (including phenoxy) is 1. The minimum Gasteiger partial charge on any atom is -0.484 e. The van der Waals surface area contributed by atoms with E-state index in [9.17, 15) is 9.59 Å². The highest BCUT2D eigenvalue weighted by molar-refractivity contribution is 5.84. The average Bonchev–Trinajstić information content (AvgIpc) is 2.45. The molecule has 0 bridgehead atoms. The van der Waals surface area contributed by atoms with E-state index in [4.69, 9.17) is 14.9 Å². The van der Waals surface area contributed by atoms with E-state index >= 15 is 0 Å². The molecular formula is C15H21NO5. The molecule has 0 saturated heterocycles. The summed E-state index contributed by atoms with van der Waals surface area (Å²) < 4.78 is 5.29. The van der Waals surface area contributed by atoms with Crippen LogP contribution in [0.25, 0.3) is 0 Å². The first-order valence-corrected chi connectivity index (χ1v) is 6.79. The number of carbonyl (C=O) groups is 2. The normalized spacial score (nSPS) is 12.0. The summed E-state index contributed by atoms with van der Waals surface area (Å²) in [5.41, 5.74) is 1.17. The van der Waals surface area contributed by atoms with Gasteiger partial charge in [-0.25, -0.2) is 4.79 Å². The van der Waals surface area contributed by atoms with Crippen LogP contribution in [0.4, 0.5) is 0 Å². The van der Waals surface area contributed by atoms with Crippen LogP contribution in [0.2, 0.25) is 0 Å². The molecule has 116 valence electrons. The van der Waals surface area contributed by atoms with E-state index in [1.54, 1.807) is 12.1 Å². The topological polar surface area (TPSA) is 95.9 Å². The zero-order chi connectivity index (χ0) is 15.8. The van der Waals surface area contributed by atoms with Crippen molar-refractivity contribution in [2.75, 3.05) is 13.2 Å². The number of hydrogen-bond acceptors (Lipinski definition) is 4. The molecule has 3 N–H and O–H groups in total. The van der Waals surface area contributed by atoms with Crippen LogP contribution in [-0.2, 0) is 9.59 Å². The molecule has 0 radical (unpaired) electrons. The third-order valence-electron chi connectivity index (χ3n) is 2.97. The van der Waals surface area contributed by atoms with Gasteiger partial charge in [-0.05, 0) is 23.6 Å². The molecule has 0 aromatic heterocycles. The van der Waals surface area contributed by atoms with Gasteiger partial charge in [0.1, 0.15) is 11.8 Å². The second-order valence-electron chi connectivity index (χ2n) is 4.98. The van der Waals surface area contributed by atoms with Crippen molar-refractivity contribution in [2.45, 2.75) is 32.2 Å². The zero-order valence-corrected chi connectivity index (χ0v) is 12.2. The Kier molecular flexibility index (Phi) is 6.68. The van der Waals surface area contributed by atoms with Crippen LogP contribution in [0, 0.1) is 0 Å². The molecule has 0 heterocycles. The van der Waals surface area contributed by atoms with Gasteiger partial charge in [0.05, 0.1) is 0 Å². The number of carboxylic acid groups (broad SMARTS) is 1. The molecule has 1 aromatic rings. The maximum Gasteiger partial charge on any atom is 0.326 e. The molecule has 1 rings (SSSR count). The number of rotatable bonds is 8. The third kappa shape index (κ3) is 5.83. The van der Waals surface area contributed by atoms with Crippen LogP contribution in [-0.4, -0.2) is 41.3 Å². The van der Waals surface area contributed by atoms with E-state index in [2.05, 4.69) is 19.2 Å². The van der Waals surface area contributed by atoms with Crippen molar-refractivity contribution >= 4 is 11.9 Å². The summed E-state index contributed by atoms with van der Waals surface area (Å²) in [6, 6.07) is 6.28. The number of aliphatic carboxylic acids is 1. The van der Waals surface area contributed by atoms with Gasteiger partial charge in [-0.2, -0.15) is 0 Å². The van der Waals surface area contributed by atoms with E-state index in [0.717, 1.165) is 0 Å². The van der Waals surface area contributed by atoms with Crippen molar-refractivity contribution in [2.24, 2.45) is 0 Å². The summed E-state index contributed by atoms with van der Waals surface area (Å²) in [5, 5.41) is 19.9. The fourth-order valence-corrected chi connectivity index (χ4v) is 1.72. The molecular weight excluding hydrogens is 274 g/mol. The Balaban J connectivity index is 2.46. The molecule has 21 heavy (non-hydrogen) atoms. The minimum atomic E-state index is -1.18. The van der Waals surface area contributed by atoms with Crippen molar-refractivity contribution in [3.63, 3.8) is 0 Å². The Labute approximate surface area is 123 Å². The molecule has 0 aliphatic rings. The fraction of sp³-hybridized carbons (Fsp3) is 0.467. The first-order valence-electron chi connectivity index (χ1n) is 6.79. The van der Waals surface area contributed by atoms with Crippen LogP contribution < -0.4 is 10.1 Å². The van der Waals surface area contributed by atoms with E-state index in [-0.39, 0.29) is 19.6 Å². The summed E-state index contributed by atoms with van der Waals surface area (Å²) in [4.78, 5) is 22.4. The van der Waals surface area contributed by atoms with Crippen molar-refractivity contribution in [1.29, 1.82) is 0 Å². The molecule has 1 atom stereocenters. The number of nitrogens with one attached hydrogen (secondary N) is 1. The smallest absolute Gasteiger partial charge is 0.326 e. The number of benzene rings is 1. The Morgan fingerprint density at radius 1 is 1.24 bits per heavy atom.